The van der Waals surface area contributed by atoms with Gasteiger partial charge in [-0.05, 0) is 49.8 Å². The van der Waals surface area contributed by atoms with Crippen LogP contribution in [0.5, 0.6) is 0 Å². The number of hydrogen-bond donors (Lipinski definition) is 1. The molecule has 1 aromatic rings. The lowest BCUT2D eigenvalue weighted by atomic mass is 9.79. The molecule has 1 aromatic carbocycles. The molecule has 2 unspecified atom stereocenters. The first-order valence-electron chi connectivity index (χ1n) is 7.27. The van der Waals surface area contributed by atoms with E-state index in [1.54, 1.807) is 0 Å². The molecule has 0 spiro atoms. The highest BCUT2D eigenvalue weighted by Crippen LogP contribution is 2.37. The molecule has 3 rings (SSSR count). The molecule has 2 atom stereocenters. The minimum atomic E-state index is 0.350. The maximum absolute atomic E-state index is 5.81. The smallest absolute Gasteiger partial charge is 0.0770 e. The molecule has 18 heavy (non-hydrogen) atoms. The Morgan fingerprint density at radius 2 is 1.89 bits per heavy atom. The molecule has 0 bridgehead atoms. The summed E-state index contributed by atoms with van der Waals surface area (Å²) in [5.41, 5.74) is 2.89. The van der Waals surface area contributed by atoms with Crippen molar-refractivity contribution in [2.75, 3.05) is 13.7 Å². The summed E-state index contributed by atoms with van der Waals surface area (Å²) in [7, 11) is 2.03. The second-order valence-electron chi connectivity index (χ2n) is 5.61. The Labute approximate surface area is 110 Å². The highest BCUT2D eigenvalue weighted by atomic mass is 16.5. The van der Waals surface area contributed by atoms with Gasteiger partial charge in [-0.1, -0.05) is 30.7 Å². The van der Waals surface area contributed by atoms with Crippen LogP contribution >= 0.6 is 0 Å². The summed E-state index contributed by atoms with van der Waals surface area (Å²) >= 11 is 0. The van der Waals surface area contributed by atoms with Crippen LogP contribution in [0.2, 0.25) is 0 Å². The summed E-state index contributed by atoms with van der Waals surface area (Å²) in [5, 5.41) is 3.41. The third kappa shape index (κ3) is 2.32. The standard InChI is InChI=1S/C16H23NO/c1-17-16(15-6-3-11-18-15)14-9-7-13(8-10-14)12-4-2-5-12/h7-10,12,15-17H,2-6,11H2,1H3. The van der Waals surface area contributed by atoms with Gasteiger partial charge in [0.05, 0.1) is 12.1 Å². The van der Waals surface area contributed by atoms with Crippen LogP contribution in [0, 0.1) is 0 Å². The van der Waals surface area contributed by atoms with Crippen molar-refractivity contribution in [1.82, 2.24) is 5.32 Å². The quantitative estimate of drug-likeness (QED) is 0.878. The van der Waals surface area contributed by atoms with Gasteiger partial charge < -0.3 is 10.1 Å². The molecule has 2 nitrogen and oxygen atoms in total. The zero-order valence-electron chi connectivity index (χ0n) is 11.2. The molecule has 1 N–H and O–H groups in total. The highest BCUT2D eigenvalue weighted by molar-refractivity contribution is 5.29. The summed E-state index contributed by atoms with van der Waals surface area (Å²) in [6.07, 6.45) is 6.88. The lowest BCUT2D eigenvalue weighted by Crippen LogP contribution is -2.28. The van der Waals surface area contributed by atoms with Crippen molar-refractivity contribution in [2.24, 2.45) is 0 Å². The van der Waals surface area contributed by atoms with E-state index < -0.39 is 0 Å². The molecule has 0 radical (unpaired) electrons. The van der Waals surface area contributed by atoms with E-state index >= 15 is 0 Å². The highest BCUT2D eigenvalue weighted by Gasteiger charge is 2.26. The predicted octanol–water partition coefficient (Wildman–Crippen LogP) is 3.39. The Hall–Kier alpha value is -0.860. The number of ether oxygens (including phenoxy) is 1. The van der Waals surface area contributed by atoms with Crippen LogP contribution in [0.1, 0.15) is 55.2 Å². The fourth-order valence-corrected chi connectivity index (χ4v) is 3.15. The maximum Gasteiger partial charge on any atom is 0.0770 e. The van der Waals surface area contributed by atoms with Gasteiger partial charge in [0, 0.05) is 6.61 Å². The van der Waals surface area contributed by atoms with Gasteiger partial charge in [-0.2, -0.15) is 0 Å². The molecule has 2 fully saturated rings. The van der Waals surface area contributed by atoms with E-state index in [0.717, 1.165) is 12.5 Å². The number of likely N-dealkylation sites (N-methyl/N-ethyl adjacent to an activating group) is 1. The minimum Gasteiger partial charge on any atom is -0.376 e. The van der Waals surface area contributed by atoms with E-state index in [2.05, 4.69) is 29.6 Å². The van der Waals surface area contributed by atoms with Gasteiger partial charge in [-0.3, -0.25) is 0 Å². The van der Waals surface area contributed by atoms with Crippen molar-refractivity contribution in [3.8, 4) is 0 Å². The Bertz CT molecular complexity index is 377. The first-order valence-corrected chi connectivity index (χ1v) is 7.27. The van der Waals surface area contributed by atoms with E-state index in [4.69, 9.17) is 4.74 Å². The van der Waals surface area contributed by atoms with Crippen molar-refractivity contribution in [3.63, 3.8) is 0 Å². The van der Waals surface area contributed by atoms with Crippen LogP contribution in [0.25, 0.3) is 0 Å². The SMILES string of the molecule is CNC(c1ccc(C2CCC2)cc1)C1CCCO1. The second kappa shape index (κ2) is 5.41. The molecule has 2 aliphatic rings. The van der Waals surface area contributed by atoms with Gasteiger partial charge >= 0.3 is 0 Å². The maximum atomic E-state index is 5.81. The first-order chi connectivity index (χ1) is 8.88. The monoisotopic (exact) mass is 245 g/mol. The van der Waals surface area contributed by atoms with Crippen LogP contribution in [0.3, 0.4) is 0 Å². The van der Waals surface area contributed by atoms with Gasteiger partial charge in [0.15, 0.2) is 0 Å². The largest absolute Gasteiger partial charge is 0.376 e. The lowest BCUT2D eigenvalue weighted by molar-refractivity contribution is 0.0807. The van der Waals surface area contributed by atoms with E-state index in [0.29, 0.717) is 12.1 Å². The Morgan fingerprint density at radius 3 is 2.39 bits per heavy atom. The predicted molar refractivity (Wildman–Crippen MR) is 73.8 cm³/mol. The molecule has 98 valence electrons. The number of rotatable bonds is 4. The van der Waals surface area contributed by atoms with Crippen molar-refractivity contribution in [2.45, 2.75) is 50.2 Å². The minimum absolute atomic E-state index is 0.350. The van der Waals surface area contributed by atoms with Crippen molar-refractivity contribution >= 4 is 0 Å². The fourth-order valence-electron chi connectivity index (χ4n) is 3.15. The number of benzene rings is 1. The fraction of sp³-hybridized carbons (Fsp3) is 0.625. The third-order valence-corrected chi connectivity index (χ3v) is 4.52. The number of nitrogens with one attached hydrogen (secondary N) is 1. The van der Waals surface area contributed by atoms with E-state index in [1.165, 1.54) is 43.2 Å². The normalized spacial score (nSPS) is 25.9. The molecule has 1 saturated heterocycles. The average Bonchev–Trinajstić information content (AvgIpc) is 2.84. The van der Waals surface area contributed by atoms with Crippen molar-refractivity contribution < 1.29 is 4.74 Å². The molecule has 0 amide bonds. The van der Waals surface area contributed by atoms with Crippen molar-refractivity contribution in [3.05, 3.63) is 35.4 Å². The molecule has 1 saturated carbocycles. The third-order valence-electron chi connectivity index (χ3n) is 4.52. The molecule has 2 heteroatoms. The molecular formula is C16H23NO. The molecule has 0 aromatic heterocycles. The van der Waals surface area contributed by atoms with Crippen LogP contribution in [0.15, 0.2) is 24.3 Å². The van der Waals surface area contributed by atoms with Crippen LogP contribution in [-0.2, 0) is 4.74 Å². The summed E-state index contributed by atoms with van der Waals surface area (Å²) in [6.45, 7) is 0.920. The molecule has 1 aliphatic heterocycles. The van der Waals surface area contributed by atoms with Crippen molar-refractivity contribution in [1.29, 1.82) is 0 Å². The Balaban J connectivity index is 1.73. The lowest BCUT2D eigenvalue weighted by Gasteiger charge is -2.27. The van der Waals surface area contributed by atoms with Gasteiger partial charge in [0.25, 0.3) is 0 Å². The van der Waals surface area contributed by atoms with Crippen LogP contribution < -0.4 is 5.32 Å². The first kappa shape index (κ1) is 12.2. The van der Waals surface area contributed by atoms with E-state index in [-0.39, 0.29) is 0 Å². The van der Waals surface area contributed by atoms with E-state index in [9.17, 15) is 0 Å². The van der Waals surface area contributed by atoms with Gasteiger partial charge in [-0.25, -0.2) is 0 Å². The summed E-state index contributed by atoms with van der Waals surface area (Å²) < 4.78 is 5.81. The number of hydrogen-bond acceptors (Lipinski definition) is 2. The zero-order valence-corrected chi connectivity index (χ0v) is 11.2. The topological polar surface area (TPSA) is 21.3 Å². The molecule has 1 heterocycles. The summed E-state index contributed by atoms with van der Waals surface area (Å²) in [6, 6.07) is 9.56. The average molecular weight is 245 g/mol. The second-order valence-corrected chi connectivity index (χ2v) is 5.61. The molecular weight excluding hydrogens is 222 g/mol. The zero-order chi connectivity index (χ0) is 12.4. The summed E-state index contributed by atoms with van der Waals surface area (Å²) in [5.74, 6) is 0.829. The van der Waals surface area contributed by atoms with Crippen LogP contribution in [-0.4, -0.2) is 19.8 Å². The van der Waals surface area contributed by atoms with Gasteiger partial charge in [0.1, 0.15) is 0 Å². The van der Waals surface area contributed by atoms with Gasteiger partial charge in [-0.15, -0.1) is 0 Å². The summed E-state index contributed by atoms with van der Waals surface area (Å²) in [4.78, 5) is 0. The molecule has 1 aliphatic carbocycles. The van der Waals surface area contributed by atoms with Gasteiger partial charge in [0.2, 0.25) is 0 Å². The van der Waals surface area contributed by atoms with E-state index in [1.807, 2.05) is 7.05 Å². The Morgan fingerprint density at radius 1 is 1.11 bits per heavy atom. The van der Waals surface area contributed by atoms with Crippen LogP contribution in [0.4, 0.5) is 0 Å². The Kier molecular flexibility index (Phi) is 3.67.